The molecular formula is C24H23NO8. The molecule has 0 spiro atoms. The fraction of sp³-hybridized carbons (Fsp3) is 0.292. The highest BCUT2D eigenvalue weighted by Gasteiger charge is 2.45. The molecule has 0 aliphatic carbocycles. The molecule has 2 aliphatic rings. The van der Waals surface area contributed by atoms with Crippen molar-refractivity contribution in [3.63, 3.8) is 0 Å². The quantitative estimate of drug-likeness (QED) is 0.170. The molecule has 0 aromatic heterocycles. The van der Waals surface area contributed by atoms with Crippen LogP contribution in [0, 0.1) is 0 Å². The molecule has 0 saturated carbocycles. The summed E-state index contributed by atoms with van der Waals surface area (Å²) in [7, 11) is 1.55. The number of aliphatic hydroxyl groups excluding tert-OH is 1. The highest BCUT2D eigenvalue weighted by molar-refractivity contribution is 6.46. The monoisotopic (exact) mass is 453 g/mol. The van der Waals surface area contributed by atoms with Crippen LogP contribution in [0.1, 0.15) is 30.5 Å². The third-order valence-electron chi connectivity index (χ3n) is 5.39. The summed E-state index contributed by atoms with van der Waals surface area (Å²) in [6.07, 6.45) is 0.510. The Balaban J connectivity index is 1.77. The van der Waals surface area contributed by atoms with Gasteiger partial charge in [-0.15, -0.1) is 0 Å². The SMILES string of the molecule is COCCCN1C(=O)C(=O)/C(=C(\O)c2ccc3c(c2)OCO3)C1c1ccc(OC(C)=O)cc1. The Morgan fingerprint density at radius 1 is 1.12 bits per heavy atom. The molecule has 0 bridgehead atoms. The fourth-order valence-corrected chi connectivity index (χ4v) is 3.92. The van der Waals surface area contributed by atoms with E-state index < -0.39 is 23.7 Å². The molecule has 1 amide bonds. The summed E-state index contributed by atoms with van der Waals surface area (Å²) in [5, 5.41) is 11.1. The van der Waals surface area contributed by atoms with Crippen LogP contribution < -0.4 is 14.2 Å². The zero-order chi connectivity index (χ0) is 23.5. The van der Waals surface area contributed by atoms with Gasteiger partial charge in [0.1, 0.15) is 11.5 Å². The normalized spacial score (nSPS) is 18.6. The van der Waals surface area contributed by atoms with Crippen LogP contribution in [0.25, 0.3) is 5.76 Å². The second-order valence-electron chi connectivity index (χ2n) is 7.57. The number of methoxy groups -OCH3 is 1. The predicted molar refractivity (Wildman–Crippen MR) is 116 cm³/mol. The number of benzene rings is 2. The van der Waals surface area contributed by atoms with Gasteiger partial charge in [0, 0.05) is 32.7 Å². The van der Waals surface area contributed by atoms with E-state index in [1.54, 1.807) is 49.6 Å². The number of amides is 1. The first-order valence-corrected chi connectivity index (χ1v) is 10.4. The largest absolute Gasteiger partial charge is 0.507 e. The Morgan fingerprint density at radius 3 is 2.55 bits per heavy atom. The summed E-state index contributed by atoms with van der Waals surface area (Å²) in [5.41, 5.74) is 0.886. The smallest absolute Gasteiger partial charge is 0.308 e. The maximum Gasteiger partial charge on any atom is 0.308 e. The lowest BCUT2D eigenvalue weighted by Crippen LogP contribution is -2.31. The summed E-state index contributed by atoms with van der Waals surface area (Å²) in [5.74, 6) is -0.955. The third-order valence-corrected chi connectivity index (χ3v) is 5.39. The minimum absolute atomic E-state index is 0.0310. The highest BCUT2D eigenvalue weighted by atomic mass is 16.7. The molecule has 1 N–H and O–H groups in total. The molecule has 4 rings (SSSR count). The summed E-state index contributed by atoms with van der Waals surface area (Å²) < 4.78 is 20.8. The number of likely N-dealkylation sites (tertiary alicyclic amines) is 1. The van der Waals surface area contributed by atoms with Crippen molar-refractivity contribution < 1.29 is 38.4 Å². The van der Waals surface area contributed by atoms with E-state index in [9.17, 15) is 19.5 Å². The summed E-state index contributed by atoms with van der Waals surface area (Å²) >= 11 is 0. The van der Waals surface area contributed by atoms with Gasteiger partial charge in [-0.2, -0.15) is 0 Å². The zero-order valence-corrected chi connectivity index (χ0v) is 18.2. The molecule has 2 aromatic rings. The molecule has 1 unspecified atom stereocenters. The van der Waals surface area contributed by atoms with Gasteiger partial charge < -0.3 is 29.0 Å². The first kappa shape index (κ1) is 22.3. The molecule has 0 radical (unpaired) electrons. The lowest BCUT2D eigenvalue weighted by molar-refractivity contribution is -0.140. The molecule has 9 nitrogen and oxygen atoms in total. The maximum atomic E-state index is 13.0. The molecule has 9 heteroatoms. The number of rotatable bonds is 7. The summed E-state index contributed by atoms with van der Waals surface area (Å²) in [6.45, 7) is 2.03. The van der Waals surface area contributed by atoms with E-state index in [-0.39, 0.29) is 24.7 Å². The third kappa shape index (κ3) is 4.40. The van der Waals surface area contributed by atoms with Crippen LogP contribution in [-0.4, -0.2) is 54.7 Å². The lowest BCUT2D eigenvalue weighted by Gasteiger charge is -2.25. The Labute approximate surface area is 190 Å². The second-order valence-corrected chi connectivity index (χ2v) is 7.57. The number of aliphatic hydroxyl groups is 1. The number of nitrogens with zero attached hydrogens (tertiary/aromatic N) is 1. The van der Waals surface area contributed by atoms with Gasteiger partial charge in [-0.05, 0) is 42.3 Å². The number of hydrogen-bond donors (Lipinski definition) is 1. The average Bonchev–Trinajstić information content (AvgIpc) is 3.36. The van der Waals surface area contributed by atoms with Crippen molar-refractivity contribution in [2.75, 3.05) is 27.1 Å². The van der Waals surface area contributed by atoms with E-state index in [0.717, 1.165) is 0 Å². The van der Waals surface area contributed by atoms with Gasteiger partial charge in [0.25, 0.3) is 11.7 Å². The van der Waals surface area contributed by atoms with Crippen molar-refractivity contribution in [2.45, 2.75) is 19.4 Å². The summed E-state index contributed by atoms with van der Waals surface area (Å²) in [4.78, 5) is 38.6. The molecule has 1 atom stereocenters. The Hall–Kier alpha value is -3.85. The molecule has 1 fully saturated rings. The van der Waals surface area contributed by atoms with Crippen LogP contribution in [0.4, 0.5) is 0 Å². The van der Waals surface area contributed by atoms with Crippen LogP contribution in [-0.2, 0) is 19.1 Å². The van der Waals surface area contributed by atoms with Crippen LogP contribution >= 0.6 is 0 Å². The van der Waals surface area contributed by atoms with Crippen LogP contribution in [0.2, 0.25) is 0 Å². The summed E-state index contributed by atoms with van der Waals surface area (Å²) in [6, 6.07) is 10.4. The number of ketones is 1. The number of carbonyl (C=O) groups excluding carboxylic acids is 3. The topological polar surface area (TPSA) is 112 Å². The number of esters is 1. The number of fused-ring (bicyclic) bond motifs is 1. The van der Waals surface area contributed by atoms with Crippen molar-refractivity contribution in [1.29, 1.82) is 0 Å². The molecule has 1 saturated heterocycles. The zero-order valence-electron chi connectivity index (χ0n) is 18.2. The maximum absolute atomic E-state index is 13.0. The van der Waals surface area contributed by atoms with E-state index in [4.69, 9.17) is 18.9 Å². The molecule has 172 valence electrons. The van der Waals surface area contributed by atoms with Gasteiger partial charge in [-0.25, -0.2) is 0 Å². The van der Waals surface area contributed by atoms with E-state index in [1.165, 1.54) is 11.8 Å². The van der Waals surface area contributed by atoms with Crippen molar-refractivity contribution >= 4 is 23.4 Å². The Bertz CT molecular complexity index is 1120. The predicted octanol–water partition coefficient (Wildman–Crippen LogP) is 2.80. The van der Waals surface area contributed by atoms with Gasteiger partial charge in [0.05, 0.1) is 11.6 Å². The minimum Gasteiger partial charge on any atom is -0.507 e. The van der Waals surface area contributed by atoms with E-state index in [1.807, 2.05) is 0 Å². The van der Waals surface area contributed by atoms with Crippen molar-refractivity contribution in [1.82, 2.24) is 4.90 Å². The van der Waals surface area contributed by atoms with E-state index in [0.29, 0.717) is 41.4 Å². The van der Waals surface area contributed by atoms with Gasteiger partial charge in [-0.1, -0.05) is 12.1 Å². The molecule has 2 aromatic carbocycles. The Kier molecular flexibility index (Phi) is 6.32. The average molecular weight is 453 g/mol. The van der Waals surface area contributed by atoms with Crippen LogP contribution in [0.15, 0.2) is 48.0 Å². The molecule has 2 heterocycles. The molecule has 33 heavy (non-hydrogen) atoms. The van der Waals surface area contributed by atoms with Gasteiger partial charge in [-0.3, -0.25) is 14.4 Å². The van der Waals surface area contributed by atoms with Gasteiger partial charge in [0.15, 0.2) is 11.5 Å². The van der Waals surface area contributed by atoms with Crippen molar-refractivity contribution in [3.8, 4) is 17.2 Å². The standard InChI is InChI=1S/C24H23NO8/c1-14(26)33-17-7-4-15(5-8-17)21-20(23(28)24(29)25(21)10-3-11-30-2)22(27)16-6-9-18-19(12-16)32-13-31-18/h4-9,12,21,27H,3,10-11,13H2,1-2H3/b22-20-. The first-order chi connectivity index (χ1) is 15.9. The van der Waals surface area contributed by atoms with Crippen LogP contribution in [0.5, 0.6) is 17.2 Å². The number of carbonyl (C=O) groups is 3. The van der Waals surface area contributed by atoms with Crippen molar-refractivity contribution in [2.24, 2.45) is 0 Å². The fourth-order valence-electron chi connectivity index (χ4n) is 3.92. The minimum atomic E-state index is -0.821. The van der Waals surface area contributed by atoms with Gasteiger partial charge >= 0.3 is 5.97 Å². The highest BCUT2D eigenvalue weighted by Crippen LogP contribution is 2.41. The number of Topliss-reactive ketones (excluding diaryl/α,β-unsaturated/α-hetero) is 1. The number of hydrogen-bond acceptors (Lipinski definition) is 8. The lowest BCUT2D eigenvalue weighted by atomic mass is 9.95. The second kappa shape index (κ2) is 9.33. The molecule has 2 aliphatic heterocycles. The van der Waals surface area contributed by atoms with Gasteiger partial charge in [0.2, 0.25) is 6.79 Å². The van der Waals surface area contributed by atoms with E-state index in [2.05, 4.69) is 0 Å². The molecular weight excluding hydrogens is 430 g/mol. The Morgan fingerprint density at radius 2 is 1.85 bits per heavy atom. The number of ether oxygens (including phenoxy) is 4. The first-order valence-electron chi connectivity index (χ1n) is 10.4. The van der Waals surface area contributed by atoms with E-state index >= 15 is 0 Å². The van der Waals surface area contributed by atoms with Crippen molar-refractivity contribution in [3.05, 3.63) is 59.2 Å². The van der Waals surface area contributed by atoms with Crippen LogP contribution in [0.3, 0.4) is 0 Å².